The molecule has 1 aliphatic carbocycles. The zero-order valence-corrected chi connectivity index (χ0v) is 14.6. The number of rotatable bonds is 3. The number of oxime groups is 1. The molecule has 0 aromatic heterocycles. The van der Waals surface area contributed by atoms with Gasteiger partial charge in [0.15, 0.2) is 11.9 Å². The molecular formula is C21H17N3O3. The van der Waals surface area contributed by atoms with E-state index >= 15 is 0 Å². The second-order valence-corrected chi connectivity index (χ2v) is 6.25. The molecule has 0 N–H and O–H groups in total. The number of aryl methyl sites for hydroxylation is 1. The summed E-state index contributed by atoms with van der Waals surface area (Å²) < 4.78 is 0. The Morgan fingerprint density at radius 1 is 1.07 bits per heavy atom. The summed E-state index contributed by atoms with van der Waals surface area (Å²) in [6.45, 7) is 2.01. The summed E-state index contributed by atoms with van der Waals surface area (Å²) in [4.78, 5) is 18.7. The second-order valence-electron chi connectivity index (χ2n) is 6.25. The normalized spacial score (nSPS) is 18.1. The first-order valence-corrected chi connectivity index (χ1v) is 8.54. The van der Waals surface area contributed by atoms with Gasteiger partial charge in [-0.25, -0.2) is 0 Å². The van der Waals surface area contributed by atoms with Gasteiger partial charge in [-0.2, -0.15) is 0 Å². The van der Waals surface area contributed by atoms with Gasteiger partial charge in [-0.1, -0.05) is 53.2 Å². The maximum Gasteiger partial charge on any atom is 0.280 e. The molecule has 0 amide bonds. The van der Waals surface area contributed by atoms with Crippen LogP contribution in [0.4, 0.5) is 11.4 Å². The predicted octanol–water partition coefficient (Wildman–Crippen LogP) is 4.48. The minimum atomic E-state index is -0.404. The third-order valence-corrected chi connectivity index (χ3v) is 4.42. The molecule has 1 heterocycles. The average molecular weight is 359 g/mol. The molecule has 2 aliphatic rings. The van der Waals surface area contributed by atoms with Crippen molar-refractivity contribution in [3.63, 3.8) is 0 Å². The average Bonchev–Trinajstić information content (AvgIpc) is 2.93. The summed E-state index contributed by atoms with van der Waals surface area (Å²) >= 11 is 0. The Labute approximate surface area is 156 Å². The molecule has 6 heteroatoms. The zero-order valence-electron chi connectivity index (χ0n) is 14.6. The van der Waals surface area contributed by atoms with E-state index in [1.54, 1.807) is 18.2 Å². The van der Waals surface area contributed by atoms with E-state index in [9.17, 15) is 10.1 Å². The van der Waals surface area contributed by atoms with Crippen molar-refractivity contribution in [1.29, 1.82) is 0 Å². The van der Waals surface area contributed by atoms with E-state index in [0.717, 1.165) is 16.9 Å². The molecule has 2 aromatic carbocycles. The van der Waals surface area contributed by atoms with Crippen molar-refractivity contribution in [1.82, 2.24) is 0 Å². The van der Waals surface area contributed by atoms with Crippen molar-refractivity contribution in [3.05, 3.63) is 106 Å². The Balaban J connectivity index is 1.91. The summed E-state index contributed by atoms with van der Waals surface area (Å²) in [5.41, 5.74) is 3.21. The van der Waals surface area contributed by atoms with E-state index < -0.39 is 4.92 Å². The van der Waals surface area contributed by atoms with E-state index in [4.69, 9.17) is 4.84 Å². The Morgan fingerprint density at radius 3 is 2.63 bits per heavy atom. The number of anilines is 1. The van der Waals surface area contributed by atoms with Gasteiger partial charge in [-0.05, 0) is 37.3 Å². The molecule has 0 saturated carbocycles. The third kappa shape index (κ3) is 3.13. The van der Waals surface area contributed by atoms with Crippen LogP contribution in [0.3, 0.4) is 0 Å². The van der Waals surface area contributed by atoms with E-state index in [1.807, 2.05) is 66.5 Å². The first-order chi connectivity index (χ1) is 13.1. The Kier molecular flexibility index (Phi) is 4.30. The van der Waals surface area contributed by atoms with Gasteiger partial charge in [0, 0.05) is 11.8 Å². The standard InChI is InChI=1S/C21H17N3O3/c1-15-11-13-16(14-12-15)23-19-9-3-2-4-10-20(19)27-22-21(23)17-7-5-6-8-18(17)24(25)26/h2-14,20H,1H3. The molecule has 1 atom stereocenters. The fraction of sp³-hybridized carbons (Fsp3) is 0.0952. The van der Waals surface area contributed by atoms with Gasteiger partial charge in [0.05, 0.1) is 16.2 Å². The first-order valence-electron chi connectivity index (χ1n) is 8.54. The van der Waals surface area contributed by atoms with Crippen LogP contribution in [0.2, 0.25) is 0 Å². The van der Waals surface area contributed by atoms with Gasteiger partial charge in [0.25, 0.3) is 5.69 Å². The van der Waals surface area contributed by atoms with Crippen LogP contribution in [0.25, 0.3) is 0 Å². The smallest absolute Gasteiger partial charge is 0.280 e. The highest BCUT2D eigenvalue weighted by atomic mass is 16.6. The molecule has 0 saturated heterocycles. The van der Waals surface area contributed by atoms with Gasteiger partial charge in [-0.3, -0.25) is 15.0 Å². The fourth-order valence-corrected chi connectivity index (χ4v) is 3.09. The lowest BCUT2D eigenvalue weighted by molar-refractivity contribution is -0.385. The maximum absolute atomic E-state index is 11.5. The first kappa shape index (κ1) is 16.8. The molecule has 0 fully saturated rings. The minimum Gasteiger partial charge on any atom is -0.380 e. The lowest BCUT2D eigenvalue weighted by atomic mass is 10.1. The van der Waals surface area contributed by atoms with Crippen LogP contribution in [-0.2, 0) is 4.84 Å². The Hall–Kier alpha value is -3.67. The number of amidine groups is 1. The number of nitro benzene ring substituents is 1. The largest absolute Gasteiger partial charge is 0.380 e. The van der Waals surface area contributed by atoms with Gasteiger partial charge >= 0.3 is 0 Å². The molecule has 0 bridgehead atoms. The molecule has 134 valence electrons. The number of fused-ring (bicyclic) bond motifs is 1. The predicted molar refractivity (Wildman–Crippen MR) is 105 cm³/mol. The number of para-hydroxylation sites is 1. The number of hydrogen-bond acceptors (Lipinski definition) is 5. The summed E-state index contributed by atoms with van der Waals surface area (Å²) in [5, 5.41) is 15.8. The molecule has 2 aromatic rings. The van der Waals surface area contributed by atoms with Crippen LogP contribution in [0.5, 0.6) is 0 Å². The van der Waals surface area contributed by atoms with Crippen LogP contribution in [0.1, 0.15) is 11.1 Å². The zero-order chi connectivity index (χ0) is 18.8. The SMILES string of the molecule is Cc1ccc(N2C3=CC=CC=CC3ON=C2c2ccccc2[N+](=O)[O-])cc1. The number of allylic oxidation sites excluding steroid dienone is 4. The van der Waals surface area contributed by atoms with Crippen LogP contribution < -0.4 is 4.90 Å². The summed E-state index contributed by atoms with van der Waals surface area (Å²) in [6, 6.07) is 14.5. The van der Waals surface area contributed by atoms with Crippen LogP contribution in [0.15, 0.2) is 89.8 Å². The van der Waals surface area contributed by atoms with Crippen molar-refractivity contribution in [3.8, 4) is 0 Å². The van der Waals surface area contributed by atoms with Gasteiger partial charge in [0.2, 0.25) is 0 Å². The van der Waals surface area contributed by atoms with Crippen molar-refractivity contribution in [2.75, 3.05) is 4.90 Å². The highest BCUT2D eigenvalue weighted by Crippen LogP contribution is 2.33. The molecule has 1 unspecified atom stereocenters. The second kappa shape index (κ2) is 6.92. The number of hydrogen-bond donors (Lipinski definition) is 0. The maximum atomic E-state index is 11.5. The van der Waals surface area contributed by atoms with Crippen LogP contribution >= 0.6 is 0 Å². The van der Waals surface area contributed by atoms with Crippen molar-refractivity contribution in [2.45, 2.75) is 13.0 Å². The number of nitro groups is 1. The number of benzene rings is 2. The van der Waals surface area contributed by atoms with E-state index in [2.05, 4.69) is 5.16 Å². The summed E-state index contributed by atoms with van der Waals surface area (Å²) in [7, 11) is 0. The van der Waals surface area contributed by atoms with E-state index in [1.165, 1.54) is 6.07 Å². The Bertz CT molecular complexity index is 1000. The van der Waals surface area contributed by atoms with Crippen LogP contribution in [-0.4, -0.2) is 16.9 Å². The molecule has 0 radical (unpaired) electrons. The molecular weight excluding hydrogens is 342 g/mol. The molecule has 6 nitrogen and oxygen atoms in total. The van der Waals surface area contributed by atoms with Crippen LogP contribution in [0, 0.1) is 17.0 Å². The van der Waals surface area contributed by atoms with Gasteiger partial charge in [-0.15, -0.1) is 0 Å². The summed E-state index contributed by atoms with van der Waals surface area (Å²) in [5.74, 6) is 0.386. The van der Waals surface area contributed by atoms with Gasteiger partial charge in [0.1, 0.15) is 0 Å². The molecule has 0 spiro atoms. The van der Waals surface area contributed by atoms with Crippen molar-refractivity contribution in [2.24, 2.45) is 5.16 Å². The topological polar surface area (TPSA) is 68.0 Å². The van der Waals surface area contributed by atoms with E-state index in [-0.39, 0.29) is 11.8 Å². The van der Waals surface area contributed by atoms with Gasteiger partial charge < -0.3 is 4.84 Å². The lowest BCUT2D eigenvalue weighted by Gasteiger charge is -2.34. The monoisotopic (exact) mass is 359 g/mol. The molecule has 4 rings (SSSR count). The van der Waals surface area contributed by atoms with Crippen molar-refractivity contribution >= 4 is 17.2 Å². The molecule has 27 heavy (non-hydrogen) atoms. The van der Waals surface area contributed by atoms with Crippen molar-refractivity contribution < 1.29 is 9.76 Å². The third-order valence-electron chi connectivity index (χ3n) is 4.42. The fourth-order valence-electron chi connectivity index (χ4n) is 3.09. The highest BCUT2D eigenvalue weighted by molar-refractivity contribution is 6.14. The highest BCUT2D eigenvalue weighted by Gasteiger charge is 2.34. The quantitative estimate of drug-likeness (QED) is 0.598. The Morgan fingerprint density at radius 2 is 1.85 bits per heavy atom. The van der Waals surface area contributed by atoms with E-state index in [0.29, 0.717) is 11.4 Å². The minimum absolute atomic E-state index is 0.0179. The lowest BCUT2D eigenvalue weighted by Crippen LogP contribution is -2.40. The molecule has 1 aliphatic heterocycles. The number of nitrogens with zero attached hydrogens (tertiary/aromatic N) is 3. The summed E-state index contributed by atoms with van der Waals surface area (Å²) in [6.07, 6.45) is 9.19.